The van der Waals surface area contributed by atoms with Crippen molar-refractivity contribution in [1.82, 2.24) is 4.90 Å². The van der Waals surface area contributed by atoms with Crippen LogP contribution in [0.2, 0.25) is 0 Å². The van der Waals surface area contributed by atoms with Crippen molar-refractivity contribution in [2.75, 3.05) is 33.2 Å². The monoisotopic (exact) mass is 870 g/mol. The number of unbranched alkanes of at least 4 members (excludes halogenated alkanes) is 2. The van der Waals surface area contributed by atoms with Crippen LogP contribution in [0.5, 0.6) is 28.7 Å². The van der Waals surface area contributed by atoms with E-state index in [2.05, 4.69) is 51.6 Å². The zero-order chi connectivity index (χ0) is 44.6. The first-order valence-electron chi connectivity index (χ1n) is 23.0. The van der Waals surface area contributed by atoms with Crippen molar-refractivity contribution in [1.29, 1.82) is 0 Å². The molecule has 2 aliphatic heterocycles. The molecule has 1 saturated carbocycles. The standard InChI is InChI=1S/C53H62N2O9/c1-5-24-55(52(58)39-19-22-47-48(30-39)60-34-59-47)49-32-45(54-62-33-37-14-8-7-9-15-37)43-29-38(16-10-12-25-56)42(17-11-13-26-57)50-44-31-41(63-40-20-18-35(3)36(4)28-40)21-23-46(44)64-53(49,51(43)50)61-27-6-2/h6-9,14-15,18-23,28-31,38,42,49-51,56-57H,2,5,10-13,16-17,24-27,32-34H2,1,3-4H3/t38-,42+,49-,50+,51+,53+/m0/s1. The van der Waals surface area contributed by atoms with Crippen LogP contribution in [-0.2, 0) is 16.2 Å². The number of hydrogen-bond donors (Lipinski definition) is 2. The van der Waals surface area contributed by atoms with Crippen molar-refractivity contribution in [2.45, 2.75) is 96.5 Å². The van der Waals surface area contributed by atoms with Crippen LogP contribution in [0.1, 0.15) is 96.8 Å². The van der Waals surface area contributed by atoms with Gasteiger partial charge in [-0.3, -0.25) is 4.79 Å². The van der Waals surface area contributed by atoms with Gasteiger partial charge >= 0.3 is 0 Å². The Bertz CT molecular complexity index is 2330. The predicted molar refractivity (Wildman–Crippen MR) is 246 cm³/mol. The summed E-state index contributed by atoms with van der Waals surface area (Å²) in [7, 11) is 0. The Labute approximate surface area is 377 Å². The van der Waals surface area contributed by atoms with Crippen molar-refractivity contribution in [2.24, 2.45) is 22.9 Å². The van der Waals surface area contributed by atoms with Gasteiger partial charge in [0.1, 0.15) is 29.9 Å². The number of allylic oxidation sites excluding steroid dienone is 1. The summed E-state index contributed by atoms with van der Waals surface area (Å²) in [6, 6.07) is 26.8. The van der Waals surface area contributed by atoms with Gasteiger partial charge in [0, 0.05) is 43.2 Å². The first-order chi connectivity index (χ1) is 31.3. The van der Waals surface area contributed by atoms with E-state index in [1.54, 1.807) is 24.3 Å². The molecule has 4 aliphatic rings. The molecule has 338 valence electrons. The summed E-state index contributed by atoms with van der Waals surface area (Å²) in [5.41, 5.74) is 6.49. The van der Waals surface area contributed by atoms with Crippen LogP contribution in [0.25, 0.3) is 0 Å². The highest BCUT2D eigenvalue weighted by Gasteiger charge is 2.65. The van der Waals surface area contributed by atoms with Crippen LogP contribution < -0.4 is 18.9 Å². The number of amides is 1. The molecule has 11 nitrogen and oxygen atoms in total. The molecule has 0 spiro atoms. The van der Waals surface area contributed by atoms with E-state index >= 15 is 4.79 Å². The van der Waals surface area contributed by atoms with Gasteiger partial charge in [0.25, 0.3) is 5.91 Å². The third kappa shape index (κ3) is 9.30. The minimum atomic E-state index is -1.39. The lowest BCUT2D eigenvalue weighted by molar-refractivity contribution is -0.254. The van der Waals surface area contributed by atoms with E-state index < -0.39 is 17.7 Å². The molecule has 4 aromatic carbocycles. The lowest BCUT2D eigenvalue weighted by Crippen LogP contribution is -2.70. The first kappa shape index (κ1) is 45.0. The second kappa shape index (κ2) is 20.5. The SMILES string of the molecule is C=CCO[C@@]12Oc3ccc(Oc4ccc(C)c(C)c4)cc3[C@H]3[C@H](CCCCO)[C@@H](CCCCO)C=C(C(=NOCc4ccccc4)C[C@@H]1N(CCC)C(=O)c1ccc4c(c1)OCO4)[C@H]32. The Kier molecular flexibility index (Phi) is 14.4. The topological polar surface area (TPSA) is 129 Å². The quantitative estimate of drug-likeness (QED) is 0.0507. The average Bonchev–Trinajstić information content (AvgIpc) is 3.79. The number of oxime groups is 1. The maximum atomic E-state index is 15.2. The molecule has 64 heavy (non-hydrogen) atoms. The third-order valence-corrected chi connectivity index (χ3v) is 13.3. The highest BCUT2D eigenvalue weighted by Crippen LogP contribution is 2.62. The molecule has 4 aromatic rings. The smallest absolute Gasteiger partial charge is 0.254 e. The van der Waals surface area contributed by atoms with E-state index in [-0.39, 0.29) is 56.9 Å². The van der Waals surface area contributed by atoms with E-state index in [0.717, 1.165) is 59.4 Å². The van der Waals surface area contributed by atoms with Gasteiger partial charge in [-0.2, -0.15) is 0 Å². The summed E-state index contributed by atoms with van der Waals surface area (Å²) in [5.74, 6) is 1.15. The van der Waals surface area contributed by atoms with E-state index in [4.69, 9.17) is 33.7 Å². The minimum Gasteiger partial charge on any atom is -0.459 e. The Balaban J connectivity index is 1.33. The molecule has 0 unspecified atom stereocenters. The van der Waals surface area contributed by atoms with Gasteiger partial charge < -0.3 is 43.6 Å². The maximum absolute atomic E-state index is 15.2. The molecule has 6 atom stereocenters. The summed E-state index contributed by atoms with van der Waals surface area (Å²) in [6.07, 6.45) is 9.74. The second-order valence-corrected chi connectivity index (χ2v) is 17.4. The fourth-order valence-corrected chi connectivity index (χ4v) is 10.2. The van der Waals surface area contributed by atoms with Gasteiger partial charge in [0.15, 0.2) is 11.5 Å². The second-order valence-electron chi connectivity index (χ2n) is 17.4. The third-order valence-electron chi connectivity index (χ3n) is 13.3. The fraction of sp³-hybridized carbons (Fsp3) is 0.434. The van der Waals surface area contributed by atoms with Gasteiger partial charge in [0.2, 0.25) is 12.6 Å². The van der Waals surface area contributed by atoms with Crippen molar-refractivity contribution in [3.63, 3.8) is 0 Å². The molecule has 8 rings (SSSR count). The molecule has 11 heteroatoms. The molecule has 1 fully saturated rings. The number of fused-ring (bicyclic) bond motifs is 3. The Morgan fingerprint density at radius 1 is 0.891 bits per heavy atom. The number of ether oxygens (including phenoxy) is 5. The first-order valence-corrected chi connectivity index (χ1v) is 23.0. The zero-order valence-electron chi connectivity index (χ0n) is 37.4. The summed E-state index contributed by atoms with van der Waals surface area (Å²) >= 11 is 0. The zero-order valence-corrected chi connectivity index (χ0v) is 37.4. The predicted octanol–water partition coefficient (Wildman–Crippen LogP) is 10.2. The van der Waals surface area contributed by atoms with E-state index in [9.17, 15) is 10.2 Å². The van der Waals surface area contributed by atoms with E-state index in [0.29, 0.717) is 60.8 Å². The number of hydrogen-bond acceptors (Lipinski definition) is 10. The number of benzene rings is 4. The number of nitrogens with zero attached hydrogens (tertiary/aromatic N) is 2. The van der Waals surface area contributed by atoms with Crippen LogP contribution in [0.3, 0.4) is 0 Å². The van der Waals surface area contributed by atoms with Crippen LogP contribution in [-0.4, -0.2) is 71.7 Å². The van der Waals surface area contributed by atoms with E-state index in [1.807, 2.05) is 53.4 Å². The highest BCUT2D eigenvalue weighted by molar-refractivity contribution is 6.03. The molecule has 0 aromatic heterocycles. The number of aliphatic hydroxyl groups excluding tert-OH is 2. The van der Waals surface area contributed by atoms with Crippen LogP contribution in [0.15, 0.2) is 114 Å². The van der Waals surface area contributed by atoms with Crippen LogP contribution in [0.4, 0.5) is 0 Å². The number of aliphatic hydroxyl groups is 2. The van der Waals surface area contributed by atoms with Crippen LogP contribution >= 0.6 is 0 Å². The molecule has 1 amide bonds. The van der Waals surface area contributed by atoms with Gasteiger partial charge in [-0.25, -0.2) is 0 Å². The van der Waals surface area contributed by atoms with Crippen molar-refractivity contribution < 1.29 is 43.5 Å². The lowest BCUT2D eigenvalue weighted by atomic mass is 9.55. The average molecular weight is 871 g/mol. The van der Waals surface area contributed by atoms with Gasteiger partial charge in [-0.1, -0.05) is 73.5 Å². The maximum Gasteiger partial charge on any atom is 0.254 e. The lowest BCUT2D eigenvalue weighted by Gasteiger charge is -2.60. The Morgan fingerprint density at radius 2 is 1.64 bits per heavy atom. The fourth-order valence-electron chi connectivity index (χ4n) is 10.2. The molecule has 2 N–H and O–H groups in total. The van der Waals surface area contributed by atoms with Gasteiger partial charge in [-0.15, -0.1) is 6.58 Å². The van der Waals surface area contributed by atoms with Gasteiger partial charge in [0.05, 0.1) is 18.2 Å². The largest absolute Gasteiger partial charge is 0.459 e. The summed E-state index contributed by atoms with van der Waals surface area (Å²) in [6.45, 7) is 11.5. The summed E-state index contributed by atoms with van der Waals surface area (Å²) < 4.78 is 32.6. The Hall–Kier alpha value is -5.62. The van der Waals surface area contributed by atoms with Crippen LogP contribution in [0, 0.1) is 31.6 Å². The number of carbonyl (C=O) groups is 1. The molecule has 2 heterocycles. The number of carbonyl (C=O) groups excluding carboxylic acids is 1. The molecule has 0 radical (unpaired) electrons. The molecule has 2 aliphatic carbocycles. The highest BCUT2D eigenvalue weighted by atomic mass is 16.7. The normalized spacial score (nSPS) is 23.4. The Morgan fingerprint density at radius 3 is 2.41 bits per heavy atom. The molecular weight excluding hydrogens is 809 g/mol. The number of aryl methyl sites for hydroxylation is 2. The summed E-state index contributed by atoms with van der Waals surface area (Å²) in [5, 5.41) is 25.0. The van der Waals surface area contributed by atoms with E-state index in [1.165, 1.54) is 5.56 Å². The van der Waals surface area contributed by atoms with Crippen molar-refractivity contribution in [3.8, 4) is 28.7 Å². The number of rotatable bonds is 20. The van der Waals surface area contributed by atoms with Gasteiger partial charge in [-0.05, 0) is 129 Å². The van der Waals surface area contributed by atoms with Crippen molar-refractivity contribution in [3.05, 3.63) is 137 Å². The molecule has 0 bridgehead atoms. The molecular formula is C53H62N2O9. The molecule has 0 saturated heterocycles. The minimum absolute atomic E-state index is 0.0691. The van der Waals surface area contributed by atoms with Crippen molar-refractivity contribution >= 4 is 11.6 Å². The summed E-state index contributed by atoms with van der Waals surface area (Å²) in [4.78, 5) is 23.4.